The van der Waals surface area contributed by atoms with Crippen LogP contribution in [0.25, 0.3) is 0 Å². The van der Waals surface area contributed by atoms with E-state index in [1.807, 2.05) is 57.2 Å². The van der Waals surface area contributed by atoms with Crippen LogP contribution in [0.5, 0.6) is 23.0 Å². The van der Waals surface area contributed by atoms with E-state index in [1.165, 1.54) is 26.4 Å². The summed E-state index contributed by atoms with van der Waals surface area (Å²) >= 11 is 0. The third-order valence-corrected chi connectivity index (χ3v) is 13.4. The lowest BCUT2D eigenvalue weighted by Crippen LogP contribution is -2.70. The first-order chi connectivity index (χ1) is 35.3. The molecular formula is C57H70FN3O12. The summed E-state index contributed by atoms with van der Waals surface area (Å²) < 4.78 is 57.8. The van der Waals surface area contributed by atoms with Gasteiger partial charge in [0.15, 0.2) is 0 Å². The van der Waals surface area contributed by atoms with Crippen molar-refractivity contribution in [3.63, 3.8) is 0 Å². The third kappa shape index (κ3) is 13.6. The molecule has 0 radical (unpaired) electrons. The van der Waals surface area contributed by atoms with Crippen LogP contribution in [0, 0.1) is 23.6 Å². The average molecular weight is 1010 g/mol. The number of carbonyl (C=O) groups is 2. The molecule has 2 aliphatic carbocycles. The van der Waals surface area contributed by atoms with Gasteiger partial charge < -0.3 is 48.2 Å². The first-order valence-corrected chi connectivity index (χ1v) is 25.1. The molecule has 0 aromatic heterocycles. The maximum Gasteiger partial charge on any atom is 0.417 e. The van der Waals surface area contributed by atoms with Crippen molar-refractivity contribution in [2.24, 2.45) is 22.9 Å². The van der Waals surface area contributed by atoms with Crippen molar-refractivity contribution in [2.75, 3.05) is 52.6 Å². The fraction of sp³-hybridized carbons (Fsp3) is 0.456. The van der Waals surface area contributed by atoms with Crippen molar-refractivity contribution < 1.29 is 62.2 Å². The first-order valence-electron chi connectivity index (χ1n) is 25.1. The molecule has 1 aliphatic heterocycles. The van der Waals surface area contributed by atoms with Gasteiger partial charge in [0, 0.05) is 43.7 Å². The van der Waals surface area contributed by atoms with Gasteiger partial charge in [-0.05, 0) is 117 Å². The van der Waals surface area contributed by atoms with Crippen molar-refractivity contribution in [1.82, 2.24) is 4.90 Å². The number of unbranched alkanes of at least 4 members (excludes halogenated alkanes) is 2. The molecule has 0 spiro atoms. The van der Waals surface area contributed by atoms with Gasteiger partial charge in [-0.2, -0.15) is 0 Å². The number of anilines is 1. The number of nitrogens with one attached hydrogen (secondary N) is 1. The summed E-state index contributed by atoms with van der Waals surface area (Å²) in [5.41, 5.74) is 3.39. The van der Waals surface area contributed by atoms with E-state index in [9.17, 15) is 24.2 Å². The number of oxime groups is 1. The number of benzene rings is 4. The number of fused-ring (bicyclic) bond motifs is 2. The highest BCUT2D eigenvalue weighted by atomic mass is 19.1. The number of amides is 2. The highest BCUT2D eigenvalue weighted by molar-refractivity contribution is 6.03. The van der Waals surface area contributed by atoms with E-state index in [0.29, 0.717) is 66.5 Å². The summed E-state index contributed by atoms with van der Waals surface area (Å²) in [6, 6.07) is 24.9. The van der Waals surface area contributed by atoms with Crippen LogP contribution in [0.2, 0.25) is 0 Å². The van der Waals surface area contributed by atoms with E-state index in [2.05, 4.69) is 18.0 Å². The van der Waals surface area contributed by atoms with Gasteiger partial charge in [0.2, 0.25) is 5.79 Å². The molecule has 1 fully saturated rings. The molecule has 3 aliphatic rings. The highest BCUT2D eigenvalue weighted by Gasteiger charge is 2.66. The molecule has 0 bridgehead atoms. The van der Waals surface area contributed by atoms with Crippen LogP contribution in [-0.4, -0.2) is 97.7 Å². The first kappa shape index (κ1) is 54.3. The summed E-state index contributed by atoms with van der Waals surface area (Å²) in [6.45, 7) is 10.2. The molecule has 1 saturated carbocycles. The fourth-order valence-electron chi connectivity index (χ4n) is 10.2. The Morgan fingerprint density at radius 2 is 1.64 bits per heavy atom. The van der Waals surface area contributed by atoms with E-state index in [1.54, 1.807) is 53.4 Å². The van der Waals surface area contributed by atoms with Crippen LogP contribution >= 0.6 is 0 Å². The highest BCUT2D eigenvalue weighted by Crippen LogP contribution is 2.62. The van der Waals surface area contributed by atoms with E-state index >= 15 is 0 Å². The second-order valence-electron chi connectivity index (χ2n) is 19.5. The number of allylic oxidation sites excluding steroid dienone is 1. The molecule has 392 valence electrons. The number of hydrogen-bond acceptors (Lipinski definition) is 13. The van der Waals surface area contributed by atoms with Crippen LogP contribution < -0.4 is 24.3 Å². The van der Waals surface area contributed by atoms with Crippen molar-refractivity contribution in [1.29, 1.82) is 0 Å². The lowest BCUT2D eigenvalue weighted by Gasteiger charge is -2.60. The lowest BCUT2D eigenvalue weighted by molar-refractivity contribution is -0.256. The topological polar surface area (TPSA) is 176 Å². The quantitative estimate of drug-likeness (QED) is 0.0345. The zero-order valence-corrected chi connectivity index (χ0v) is 42.6. The number of aliphatic hydroxyl groups is 2. The predicted molar refractivity (Wildman–Crippen MR) is 274 cm³/mol. The van der Waals surface area contributed by atoms with Crippen molar-refractivity contribution in [3.8, 4) is 23.0 Å². The summed E-state index contributed by atoms with van der Waals surface area (Å²) in [7, 11) is 3.03. The van der Waals surface area contributed by atoms with E-state index in [4.69, 9.17) is 43.2 Å². The molecule has 73 heavy (non-hydrogen) atoms. The molecule has 3 N–H and O–H groups in total. The Labute approximate surface area is 427 Å². The SMILES string of the molecule is C=CCOC12Oc3ccc(OC(=O)Nc4ccc(OC)cc4OC)cc3C3C(CCCCO)C(CCCCO)C=C(C(=NOC(C)(C)C)CC1N(Cc1ccc(F)cc1)C(=O)OCCOCc1ccccc1)C32. The molecule has 0 saturated heterocycles. The second kappa shape index (κ2) is 25.5. The number of rotatable bonds is 24. The van der Waals surface area contributed by atoms with Gasteiger partial charge in [-0.15, -0.1) is 6.58 Å². The minimum absolute atomic E-state index is 0.00994. The van der Waals surface area contributed by atoms with Gasteiger partial charge in [0.05, 0.1) is 51.4 Å². The smallest absolute Gasteiger partial charge is 0.417 e. The molecular weight excluding hydrogens is 938 g/mol. The Morgan fingerprint density at radius 1 is 0.904 bits per heavy atom. The second-order valence-corrected chi connectivity index (χ2v) is 19.5. The standard InChI is InChI=1S/C57H70FN3O12/c1-7-29-70-57-51(61(36-38-19-21-41(58)22-20-38)55(65)69-31-30-68-37-39-15-9-8-10-16-39)35-48(60-73-56(2,3)4)45-32-40(17-11-13-27-62)44(18-12-14-28-63)52(53(45)57)46-33-43(24-26-49(46)72-57)71-54(64)59-47-25-23-42(66-5)34-50(47)67-6/h7-10,15-16,19-26,32-34,40,44,51-53,62-63H,1,11-14,17-18,27-31,35-37H2,2-6H3,(H,59,64). The van der Waals surface area contributed by atoms with Gasteiger partial charge >= 0.3 is 12.2 Å². The van der Waals surface area contributed by atoms with Crippen molar-refractivity contribution in [2.45, 2.75) is 102 Å². The molecule has 15 nitrogen and oxygen atoms in total. The molecule has 4 aromatic rings. The summed E-state index contributed by atoms with van der Waals surface area (Å²) in [6.07, 6.45) is 6.51. The Kier molecular flexibility index (Phi) is 18.9. The minimum atomic E-state index is -1.64. The molecule has 6 unspecified atom stereocenters. The number of nitrogens with zero attached hydrogens (tertiary/aromatic N) is 2. The number of ether oxygens (including phenoxy) is 7. The molecule has 6 atom stereocenters. The number of hydrogen-bond donors (Lipinski definition) is 3. The zero-order valence-electron chi connectivity index (χ0n) is 42.6. The van der Waals surface area contributed by atoms with Gasteiger partial charge in [-0.25, -0.2) is 14.0 Å². The molecule has 2 amide bonds. The maximum absolute atomic E-state index is 15.0. The third-order valence-electron chi connectivity index (χ3n) is 13.4. The van der Waals surface area contributed by atoms with E-state index in [0.717, 1.165) is 29.5 Å². The average Bonchev–Trinajstić information content (AvgIpc) is 3.38. The van der Waals surface area contributed by atoms with Crippen molar-refractivity contribution in [3.05, 3.63) is 138 Å². The Balaban J connectivity index is 1.37. The Hall–Kier alpha value is -6.46. The van der Waals surface area contributed by atoms with Crippen LogP contribution in [0.1, 0.15) is 88.3 Å². The number of methoxy groups -OCH3 is 2. The van der Waals surface area contributed by atoms with Gasteiger partial charge in [-0.1, -0.05) is 72.6 Å². The summed E-state index contributed by atoms with van der Waals surface area (Å²) in [4.78, 5) is 36.5. The monoisotopic (exact) mass is 1010 g/mol. The maximum atomic E-state index is 15.0. The molecule has 7 rings (SSSR count). The summed E-state index contributed by atoms with van der Waals surface area (Å²) in [5.74, 6) is -1.77. The normalized spacial score (nSPS) is 21.4. The van der Waals surface area contributed by atoms with Crippen LogP contribution in [0.4, 0.5) is 19.7 Å². The molecule has 4 aromatic carbocycles. The minimum Gasteiger partial charge on any atom is -0.497 e. The van der Waals surface area contributed by atoms with Crippen molar-refractivity contribution >= 4 is 23.6 Å². The van der Waals surface area contributed by atoms with E-state index < -0.39 is 47.3 Å². The number of aliphatic hydroxyl groups excluding tert-OH is 2. The molecule has 1 heterocycles. The van der Waals surface area contributed by atoms with Gasteiger partial charge in [0.1, 0.15) is 47.1 Å². The summed E-state index contributed by atoms with van der Waals surface area (Å²) in [5, 5.41) is 27.8. The predicted octanol–water partition coefficient (Wildman–Crippen LogP) is 10.7. The largest absolute Gasteiger partial charge is 0.497 e. The Bertz CT molecular complexity index is 2530. The van der Waals surface area contributed by atoms with Crippen LogP contribution in [-0.2, 0) is 32.2 Å². The number of carbonyl (C=O) groups excluding carboxylic acids is 2. The fourth-order valence-corrected chi connectivity index (χ4v) is 10.2. The lowest BCUT2D eigenvalue weighted by atomic mass is 9.55. The van der Waals surface area contributed by atoms with E-state index in [-0.39, 0.29) is 63.6 Å². The zero-order chi connectivity index (χ0) is 52.0. The number of halogens is 1. The van der Waals surface area contributed by atoms with Crippen LogP contribution in [0.3, 0.4) is 0 Å². The van der Waals surface area contributed by atoms with Gasteiger partial charge in [-0.3, -0.25) is 10.2 Å². The molecule has 16 heteroatoms. The van der Waals surface area contributed by atoms with Gasteiger partial charge in [0.25, 0.3) is 0 Å². The van der Waals surface area contributed by atoms with Crippen LogP contribution in [0.15, 0.2) is 120 Å². The Morgan fingerprint density at radius 3 is 2.34 bits per heavy atom.